The molecule has 0 aromatic rings. The molecular formula is C13H23N3O3. The van der Waals surface area contributed by atoms with Gasteiger partial charge in [-0.05, 0) is 32.7 Å². The molecule has 6 nitrogen and oxygen atoms in total. The van der Waals surface area contributed by atoms with E-state index in [0.717, 1.165) is 13.0 Å². The van der Waals surface area contributed by atoms with Crippen LogP contribution in [-0.4, -0.2) is 66.2 Å². The summed E-state index contributed by atoms with van der Waals surface area (Å²) in [6, 6.07) is 0.568. The number of hydrogen-bond donors (Lipinski definition) is 2. The van der Waals surface area contributed by atoms with Crippen molar-refractivity contribution in [2.45, 2.75) is 31.7 Å². The third-order valence-electron chi connectivity index (χ3n) is 3.97. The summed E-state index contributed by atoms with van der Waals surface area (Å²) in [5.74, 6) is -1.21. The van der Waals surface area contributed by atoms with Crippen molar-refractivity contribution in [3.63, 3.8) is 0 Å². The molecule has 0 unspecified atom stereocenters. The molecule has 0 aromatic carbocycles. The van der Waals surface area contributed by atoms with Gasteiger partial charge in [0.05, 0.1) is 5.92 Å². The van der Waals surface area contributed by atoms with Crippen molar-refractivity contribution in [3.8, 4) is 0 Å². The fraction of sp³-hybridized carbons (Fsp3) is 0.846. The molecule has 0 aromatic heterocycles. The molecule has 0 radical (unpaired) electrons. The first-order valence-electron chi connectivity index (χ1n) is 7.03. The molecule has 0 bridgehead atoms. The van der Waals surface area contributed by atoms with Crippen LogP contribution in [-0.2, 0) is 4.79 Å². The summed E-state index contributed by atoms with van der Waals surface area (Å²) in [5.41, 5.74) is 0. The Morgan fingerprint density at radius 2 is 2.11 bits per heavy atom. The molecule has 1 saturated carbocycles. The number of rotatable bonds is 5. The number of urea groups is 1. The summed E-state index contributed by atoms with van der Waals surface area (Å²) in [6.07, 6.45) is 3.96. The number of piperidine rings is 1. The lowest BCUT2D eigenvalue weighted by atomic mass is 9.99. The highest BCUT2D eigenvalue weighted by Crippen LogP contribution is 2.24. The van der Waals surface area contributed by atoms with Gasteiger partial charge in [-0.3, -0.25) is 4.79 Å². The second-order valence-corrected chi connectivity index (χ2v) is 5.57. The Morgan fingerprint density at radius 3 is 2.74 bits per heavy atom. The highest BCUT2D eigenvalue weighted by atomic mass is 16.4. The SMILES string of the molecule is CN(CCNC(=O)N1CCC[C@@H](C(=O)O)C1)C1CC1. The summed E-state index contributed by atoms with van der Waals surface area (Å²) in [5, 5.41) is 11.9. The number of carboxylic acid groups (broad SMARTS) is 1. The first-order valence-corrected chi connectivity index (χ1v) is 7.03. The Kier molecular flexibility index (Phi) is 4.63. The van der Waals surface area contributed by atoms with Gasteiger partial charge in [-0.15, -0.1) is 0 Å². The highest BCUT2D eigenvalue weighted by molar-refractivity contribution is 5.76. The molecule has 2 N–H and O–H groups in total. The predicted octanol–water partition coefficient (Wildman–Crippen LogP) is 0.587. The summed E-state index contributed by atoms with van der Waals surface area (Å²) in [4.78, 5) is 26.8. The largest absolute Gasteiger partial charge is 0.481 e. The van der Waals surface area contributed by atoms with E-state index in [-0.39, 0.29) is 6.03 Å². The molecular weight excluding hydrogens is 246 g/mol. The van der Waals surface area contributed by atoms with Crippen molar-refractivity contribution in [2.24, 2.45) is 5.92 Å². The molecule has 1 atom stereocenters. The molecule has 1 aliphatic carbocycles. The molecule has 108 valence electrons. The molecule has 6 heteroatoms. The smallest absolute Gasteiger partial charge is 0.317 e. The molecule has 2 fully saturated rings. The fourth-order valence-electron chi connectivity index (χ4n) is 2.51. The maximum Gasteiger partial charge on any atom is 0.317 e. The van der Waals surface area contributed by atoms with Crippen LogP contribution in [0.15, 0.2) is 0 Å². The van der Waals surface area contributed by atoms with E-state index in [9.17, 15) is 9.59 Å². The fourth-order valence-corrected chi connectivity index (χ4v) is 2.51. The van der Waals surface area contributed by atoms with E-state index in [1.54, 1.807) is 4.90 Å². The van der Waals surface area contributed by atoms with Gasteiger partial charge in [-0.25, -0.2) is 4.79 Å². The molecule has 2 rings (SSSR count). The van der Waals surface area contributed by atoms with Crippen LogP contribution >= 0.6 is 0 Å². The van der Waals surface area contributed by atoms with Crippen LogP contribution in [0.5, 0.6) is 0 Å². The summed E-state index contributed by atoms with van der Waals surface area (Å²) >= 11 is 0. The highest BCUT2D eigenvalue weighted by Gasteiger charge is 2.28. The number of nitrogens with one attached hydrogen (secondary N) is 1. The molecule has 19 heavy (non-hydrogen) atoms. The van der Waals surface area contributed by atoms with Crippen LogP contribution in [0.1, 0.15) is 25.7 Å². The minimum atomic E-state index is -0.800. The van der Waals surface area contributed by atoms with Crippen LogP contribution in [0.4, 0.5) is 4.79 Å². The lowest BCUT2D eigenvalue weighted by Gasteiger charge is -2.31. The zero-order valence-corrected chi connectivity index (χ0v) is 11.5. The van der Waals surface area contributed by atoms with Gasteiger partial charge in [0.25, 0.3) is 0 Å². The number of amides is 2. The van der Waals surface area contributed by atoms with Crippen LogP contribution in [0.3, 0.4) is 0 Å². The number of carbonyl (C=O) groups excluding carboxylic acids is 1. The van der Waals surface area contributed by atoms with E-state index >= 15 is 0 Å². The number of likely N-dealkylation sites (N-methyl/N-ethyl adjacent to an activating group) is 1. The number of hydrogen-bond acceptors (Lipinski definition) is 3. The third-order valence-corrected chi connectivity index (χ3v) is 3.97. The van der Waals surface area contributed by atoms with Gasteiger partial charge in [0.1, 0.15) is 0 Å². The number of carboxylic acids is 1. The van der Waals surface area contributed by atoms with Crippen molar-refractivity contribution in [3.05, 3.63) is 0 Å². The average Bonchev–Trinajstić information content (AvgIpc) is 3.23. The van der Waals surface area contributed by atoms with Crippen molar-refractivity contribution < 1.29 is 14.7 Å². The van der Waals surface area contributed by atoms with Crippen molar-refractivity contribution in [2.75, 3.05) is 33.2 Å². The Morgan fingerprint density at radius 1 is 1.37 bits per heavy atom. The first-order chi connectivity index (χ1) is 9.08. The van der Waals surface area contributed by atoms with E-state index < -0.39 is 11.9 Å². The second-order valence-electron chi connectivity index (χ2n) is 5.57. The lowest BCUT2D eigenvalue weighted by Crippen LogP contribution is -2.48. The Balaban J connectivity index is 1.68. The maximum absolute atomic E-state index is 11.9. The Hall–Kier alpha value is -1.30. The molecule has 1 saturated heterocycles. The maximum atomic E-state index is 11.9. The number of likely N-dealkylation sites (tertiary alicyclic amines) is 1. The minimum absolute atomic E-state index is 0.129. The molecule has 1 aliphatic heterocycles. The van der Waals surface area contributed by atoms with Crippen molar-refractivity contribution in [1.29, 1.82) is 0 Å². The van der Waals surface area contributed by atoms with Crippen LogP contribution < -0.4 is 5.32 Å². The van der Waals surface area contributed by atoms with Crippen LogP contribution in [0.25, 0.3) is 0 Å². The van der Waals surface area contributed by atoms with Gasteiger partial charge < -0.3 is 20.2 Å². The Bertz CT molecular complexity index is 344. The predicted molar refractivity (Wildman–Crippen MR) is 71.0 cm³/mol. The molecule has 0 spiro atoms. The number of carbonyl (C=O) groups is 2. The standard InChI is InChI=1S/C13H23N3O3/c1-15(11-4-5-11)8-6-14-13(19)16-7-2-3-10(9-16)12(17)18/h10-11H,2-9H2,1H3,(H,14,19)(H,17,18)/t10-/m1/s1. The number of aliphatic carboxylic acids is 1. The van der Waals surface area contributed by atoms with Crippen LogP contribution in [0, 0.1) is 5.92 Å². The minimum Gasteiger partial charge on any atom is -0.481 e. The molecule has 2 amide bonds. The van der Waals surface area contributed by atoms with E-state index in [2.05, 4.69) is 17.3 Å². The summed E-state index contributed by atoms with van der Waals surface area (Å²) < 4.78 is 0. The molecule has 2 aliphatic rings. The van der Waals surface area contributed by atoms with Gasteiger partial charge >= 0.3 is 12.0 Å². The van der Waals surface area contributed by atoms with Gasteiger partial charge in [0.15, 0.2) is 0 Å². The monoisotopic (exact) mass is 269 g/mol. The van der Waals surface area contributed by atoms with Crippen LogP contribution in [0.2, 0.25) is 0 Å². The van der Waals surface area contributed by atoms with Gasteiger partial charge in [-0.2, -0.15) is 0 Å². The number of nitrogens with zero attached hydrogens (tertiary/aromatic N) is 2. The van der Waals surface area contributed by atoms with E-state index in [4.69, 9.17) is 5.11 Å². The summed E-state index contributed by atoms with van der Waals surface area (Å²) in [7, 11) is 2.07. The quantitative estimate of drug-likeness (QED) is 0.766. The normalized spacial score (nSPS) is 23.5. The van der Waals surface area contributed by atoms with Crippen molar-refractivity contribution in [1.82, 2.24) is 15.1 Å². The van der Waals surface area contributed by atoms with Gasteiger partial charge in [0.2, 0.25) is 0 Å². The first kappa shape index (κ1) is 14.1. The average molecular weight is 269 g/mol. The van der Waals surface area contributed by atoms with Crippen molar-refractivity contribution >= 4 is 12.0 Å². The summed E-state index contributed by atoms with van der Waals surface area (Å²) in [6.45, 7) is 2.47. The van der Waals surface area contributed by atoms with Gasteiger partial charge in [-0.1, -0.05) is 0 Å². The zero-order chi connectivity index (χ0) is 13.8. The zero-order valence-electron chi connectivity index (χ0n) is 11.5. The Labute approximate surface area is 113 Å². The topological polar surface area (TPSA) is 72.9 Å². The lowest BCUT2D eigenvalue weighted by molar-refractivity contribution is -0.143. The van der Waals surface area contributed by atoms with E-state index in [1.165, 1.54) is 12.8 Å². The van der Waals surface area contributed by atoms with Gasteiger partial charge in [0, 0.05) is 32.2 Å². The second kappa shape index (κ2) is 6.23. The van der Waals surface area contributed by atoms with E-state index in [1.807, 2.05) is 0 Å². The molecule has 1 heterocycles. The van der Waals surface area contributed by atoms with E-state index in [0.29, 0.717) is 32.1 Å². The third kappa shape index (κ3) is 4.09.